The van der Waals surface area contributed by atoms with Crippen LogP contribution < -0.4 is 0 Å². The predicted octanol–water partition coefficient (Wildman–Crippen LogP) is 11.5. The molecule has 3 heterocycles. The van der Waals surface area contributed by atoms with Crippen LogP contribution in [0.2, 0.25) is 0 Å². The Kier molecular flexibility index (Phi) is 6.32. The number of nitrogens with zero attached hydrogens (tertiary/aromatic N) is 3. The lowest BCUT2D eigenvalue weighted by atomic mass is 10.0. The molecule has 4 heteroatoms. The average molecular weight is 606 g/mol. The minimum absolute atomic E-state index is 0.732. The van der Waals surface area contributed by atoms with Crippen LogP contribution >= 0.6 is 11.3 Å². The summed E-state index contributed by atoms with van der Waals surface area (Å²) in [5.41, 5.74) is 9.85. The molecule has 216 valence electrons. The molecule has 0 aliphatic heterocycles. The van der Waals surface area contributed by atoms with Gasteiger partial charge in [-0.3, -0.25) is 0 Å². The zero-order chi connectivity index (χ0) is 30.5. The van der Waals surface area contributed by atoms with Crippen molar-refractivity contribution in [1.29, 1.82) is 0 Å². The molecule has 46 heavy (non-hydrogen) atoms. The van der Waals surface area contributed by atoms with Crippen LogP contribution in [0, 0.1) is 0 Å². The van der Waals surface area contributed by atoms with Crippen LogP contribution in [0.4, 0.5) is 0 Å². The van der Waals surface area contributed by atoms with Crippen molar-refractivity contribution in [3.8, 4) is 50.0 Å². The van der Waals surface area contributed by atoms with Crippen LogP contribution in [-0.4, -0.2) is 14.5 Å². The fraction of sp³-hybridized carbons (Fsp3) is 0. The summed E-state index contributed by atoms with van der Waals surface area (Å²) in [6.07, 6.45) is 0. The van der Waals surface area contributed by atoms with Crippen molar-refractivity contribution in [3.63, 3.8) is 0 Å². The molecule has 0 atom stereocenters. The summed E-state index contributed by atoms with van der Waals surface area (Å²) in [5.74, 6) is 0.732. The first-order valence-electron chi connectivity index (χ1n) is 15.4. The maximum absolute atomic E-state index is 5.04. The molecule has 0 saturated carbocycles. The molecule has 0 N–H and O–H groups in total. The number of rotatable bonds is 5. The van der Waals surface area contributed by atoms with Gasteiger partial charge in [0.1, 0.15) is 0 Å². The molecule has 0 spiro atoms. The van der Waals surface area contributed by atoms with Gasteiger partial charge < -0.3 is 4.57 Å². The van der Waals surface area contributed by atoms with Gasteiger partial charge in [-0.25, -0.2) is 9.97 Å². The minimum atomic E-state index is 0.732. The molecule has 9 rings (SSSR count). The van der Waals surface area contributed by atoms with Crippen molar-refractivity contribution >= 4 is 43.2 Å². The van der Waals surface area contributed by atoms with Gasteiger partial charge >= 0.3 is 0 Å². The molecule has 0 unspecified atom stereocenters. The number of benzene rings is 6. The number of hydrogen-bond acceptors (Lipinski definition) is 3. The Morgan fingerprint density at radius 2 is 1.00 bits per heavy atom. The van der Waals surface area contributed by atoms with E-state index in [1.807, 2.05) is 18.2 Å². The highest BCUT2D eigenvalue weighted by atomic mass is 32.1. The van der Waals surface area contributed by atoms with Gasteiger partial charge in [0, 0.05) is 32.3 Å². The van der Waals surface area contributed by atoms with E-state index in [0.29, 0.717) is 0 Å². The Morgan fingerprint density at radius 3 is 1.70 bits per heavy atom. The summed E-state index contributed by atoms with van der Waals surface area (Å²) in [6, 6.07) is 57.9. The van der Waals surface area contributed by atoms with Crippen molar-refractivity contribution in [2.75, 3.05) is 0 Å². The third-order valence-corrected chi connectivity index (χ3v) is 9.79. The SMILES string of the molecule is c1ccc(-c2nc(-c3ccc(-c4ccc(-n5c6ccccc6c6ccccc65)cc4)cc3)cc(-c3cc4ccccc4s3)n2)cc1. The molecule has 0 radical (unpaired) electrons. The number of fused-ring (bicyclic) bond motifs is 4. The van der Waals surface area contributed by atoms with Gasteiger partial charge in [0.2, 0.25) is 0 Å². The second kappa shape index (κ2) is 11.0. The van der Waals surface area contributed by atoms with Gasteiger partial charge in [0.15, 0.2) is 5.82 Å². The first-order valence-corrected chi connectivity index (χ1v) is 16.2. The van der Waals surface area contributed by atoms with Crippen LogP contribution in [0.3, 0.4) is 0 Å². The van der Waals surface area contributed by atoms with E-state index in [1.165, 1.54) is 43.0 Å². The summed E-state index contributed by atoms with van der Waals surface area (Å²) in [6.45, 7) is 0. The monoisotopic (exact) mass is 605 g/mol. The molecule has 0 aliphatic carbocycles. The summed E-state index contributed by atoms with van der Waals surface area (Å²) in [7, 11) is 0. The Labute approximate surface area is 270 Å². The highest BCUT2D eigenvalue weighted by molar-refractivity contribution is 7.22. The minimum Gasteiger partial charge on any atom is -0.309 e. The maximum atomic E-state index is 5.04. The van der Waals surface area contributed by atoms with Gasteiger partial charge in [-0.1, -0.05) is 121 Å². The van der Waals surface area contributed by atoms with Crippen molar-refractivity contribution < 1.29 is 0 Å². The first kappa shape index (κ1) is 26.6. The lowest BCUT2D eigenvalue weighted by Crippen LogP contribution is -1.95. The summed E-state index contributed by atoms with van der Waals surface area (Å²) < 4.78 is 3.61. The van der Waals surface area contributed by atoms with Crippen LogP contribution in [0.15, 0.2) is 164 Å². The predicted molar refractivity (Wildman–Crippen MR) is 193 cm³/mol. The summed E-state index contributed by atoms with van der Waals surface area (Å²) >= 11 is 1.77. The van der Waals surface area contributed by atoms with E-state index < -0.39 is 0 Å². The second-order valence-corrected chi connectivity index (χ2v) is 12.6. The van der Waals surface area contributed by atoms with Crippen molar-refractivity contribution in [1.82, 2.24) is 14.5 Å². The Bertz CT molecular complexity index is 2420. The van der Waals surface area contributed by atoms with Gasteiger partial charge in [0.25, 0.3) is 0 Å². The van der Waals surface area contributed by atoms with Crippen LogP contribution in [0.1, 0.15) is 0 Å². The van der Waals surface area contributed by atoms with E-state index in [1.54, 1.807) is 11.3 Å². The highest BCUT2D eigenvalue weighted by Crippen LogP contribution is 2.36. The van der Waals surface area contributed by atoms with Crippen molar-refractivity contribution in [2.45, 2.75) is 0 Å². The topological polar surface area (TPSA) is 30.7 Å². The molecule has 0 saturated heterocycles. The van der Waals surface area contributed by atoms with Gasteiger partial charge in [-0.2, -0.15) is 0 Å². The molecular weight excluding hydrogens is 579 g/mol. The molecule has 6 aromatic carbocycles. The van der Waals surface area contributed by atoms with E-state index in [9.17, 15) is 0 Å². The number of thiophene rings is 1. The van der Waals surface area contributed by atoms with E-state index in [4.69, 9.17) is 9.97 Å². The fourth-order valence-electron chi connectivity index (χ4n) is 6.38. The smallest absolute Gasteiger partial charge is 0.160 e. The highest BCUT2D eigenvalue weighted by Gasteiger charge is 2.14. The van der Waals surface area contributed by atoms with Gasteiger partial charge in [0.05, 0.1) is 27.3 Å². The third-order valence-electron chi connectivity index (χ3n) is 8.66. The number of aromatic nitrogens is 3. The molecule has 3 aromatic heterocycles. The molecule has 3 nitrogen and oxygen atoms in total. The molecule has 0 bridgehead atoms. The van der Waals surface area contributed by atoms with Crippen LogP contribution in [0.5, 0.6) is 0 Å². The third kappa shape index (κ3) is 4.59. The maximum Gasteiger partial charge on any atom is 0.160 e. The van der Waals surface area contributed by atoms with E-state index in [2.05, 4.69) is 150 Å². The Balaban J connectivity index is 1.08. The van der Waals surface area contributed by atoms with Gasteiger partial charge in [-0.05, 0) is 59.0 Å². The number of para-hydroxylation sites is 2. The summed E-state index contributed by atoms with van der Waals surface area (Å²) in [5, 5.41) is 3.78. The Hall–Kier alpha value is -5.84. The Morgan fingerprint density at radius 1 is 0.435 bits per heavy atom. The lowest BCUT2D eigenvalue weighted by Gasteiger charge is -2.11. The van der Waals surface area contributed by atoms with Crippen molar-refractivity contribution in [3.05, 3.63) is 164 Å². The van der Waals surface area contributed by atoms with E-state index >= 15 is 0 Å². The average Bonchev–Trinajstić information content (AvgIpc) is 3.72. The fourth-order valence-corrected chi connectivity index (χ4v) is 7.41. The van der Waals surface area contributed by atoms with Gasteiger partial charge in [-0.15, -0.1) is 11.3 Å². The molecule has 0 amide bonds. The van der Waals surface area contributed by atoms with Crippen LogP contribution in [-0.2, 0) is 0 Å². The zero-order valence-corrected chi connectivity index (χ0v) is 25.7. The van der Waals surface area contributed by atoms with E-state index in [-0.39, 0.29) is 0 Å². The standard InChI is InChI=1S/C42H27N3S/c1-2-10-31(11-3-1)42-43-36(27-37(44-42)41-26-32-12-4-9-17-40(32)46-41)30-20-18-28(19-21-30)29-22-24-33(25-23-29)45-38-15-7-5-13-34(38)35-14-6-8-16-39(35)45/h1-27H. The van der Waals surface area contributed by atoms with Crippen molar-refractivity contribution in [2.24, 2.45) is 0 Å². The molecule has 9 aromatic rings. The quantitative estimate of drug-likeness (QED) is 0.195. The lowest BCUT2D eigenvalue weighted by molar-refractivity contribution is 1.18. The number of hydrogen-bond donors (Lipinski definition) is 0. The first-order chi connectivity index (χ1) is 22.8. The van der Waals surface area contributed by atoms with E-state index in [0.717, 1.165) is 38.9 Å². The molecular formula is C42H27N3S. The zero-order valence-electron chi connectivity index (χ0n) is 24.8. The second-order valence-electron chi connectivity index (χ2n) is 11.5. The largest absolute Gasteiger partial charge is 0.309 e. The normalized spacial score (nSPS) is 11.5. The summed E-state index contributed by atoms with van der Waals surface area (Å²) in [4.78, 5) is 11.2. The van der Waals surface area contributed by atoms with Crippen LogP contribution in [0.25, 0.3) is 81.9 Å². The molecule has 0 aliphatic rings. The molecule has 0 fully saturated rings.